The van der Waals surface area contributed by atoms with Crippen molar-refractivity contribution in [2.24, 2.45) is 17.8 Å². The molecule has 0 aromatic rings. The van der Waals surface area contributed by atoms with Gasteiger partial charge in [-0.15, -0.1) is 0 Å². The lowest BCUT2D eigenvalue weighted by Gasteiger charge is -2.30. The Bertz CT molecular complexity index is 294. The van der Waals surface area contributed by atoms with E-state index in [1.54, 1.807) is 0 Å². The van der Waals surface area contributed by atoms with Crippen molar-refractivity contribution in [3.63, 3.8) is 0 Å². The highest BCUT2D eigenvalue weighted by Gasteiger charge is 2.25. The Morgan fingerprint density at radius 1 is 0.955 bits per heavy atom. The molecule has 1 aliphatic carbocycles. The van der Waals surface area contributed by atoms with Crippen molar-refractivity contribution >= 4 is 0 Å². The fourth-order valence-corrected chi connectivity index (χ4v) is 4.32. The molecule has 0 amide bonds. The highest BCUT2D eigenvalue weighted by Crippen LogP contribution is 2.30. The largest absolute Gasteiger partial charge is 0.376 e. The molecule has 0 N–H and O–H groups in total. The minimum absolute atomic E-state index is 0.400. The van der Waals surface area contributed by atoms with Gasteiger partial charge in [0.1, 0.15) is 0 Å². The Labute approximate surface area is 139 Å². The normalized spacial score (nSPS) is 30.5. The van der Waals surface area contributed by atoms with Gasteiger partial charge in [-0.1, -0.05) is 26.7 Å². The molecule has 1 saturated carbocycles. The molecule has 0 spiro atoms. The smallest absolute Gasteiger partial charge is 0.0578 e. The predicted molar refractivity (Wildman–Crippen MR) is 95.2 cm³/mol. The van der Waals surface area contributed by atoms with Gasteiger partial charge in [0.2, 0.25) is 0 Å². The second-order valence-electron chi connectivity index (χ2n) is 8.42. The van der Waals surface area contributed by atoms with Gasteiger partial charge in [0.25, 0.3) is 0 Å². The van der Waals surface area contributed by atoms with E-state index >= 15 is 0 Å². The maximum absolute atomic E-state index is 5.96. The third-order valence-electron chi connectivity index (χ3n) is 5.85. The van der Waals surface area contributed by atoms with Crippen LogP contribution in [0, 0.1) is 17.8 Å². The third-order valence-corrected chi connectivity index (χ3v) is 5.85. The zero-order valence-electron chi connectivity index (χ0n) is 15.5. The first-order chi connectivity index (χ1) is 10.5. The SMILES string of the molecule is CC(C)OC1CCC(CCCCN2CCC(C(C)C)C2)CC1. The van der Waals surface area contributed by atoms with Crippen LogP contribution in [0.25, 0.3) is 0 Å². The average Bonchev–Trinajstić information content (AvgIpc) is 2.94. The van der Waals surface area contributed by atoms with Crippen LogP contribution >= 0.6 is 0 Å². The van der Waals surface area contributed by atoms with Crippen molar-refractivity contribution in [3.05, 3.63) is 0 Å². The van der Waals surface area contributed by atoms with E-state index in [-0.39, 0.29) is 0 Å². The quantitative estimate of drug-likeness (QED) is 0.577. The van der Waals surface area contributed by atoms with Crippen LogP contribution in [0.5, 0.6) is 0 Å². The summed E-state index contributed by atoms with van der Waals surface area (Å²) >= 11 is 0. The molecule has 2 fully saturated rings. The van der Waals surface area contributed by atoms with E-state index in [2.05, 4.69) is 32.6 Å². The van der Waals surface area contributed by atoms with Crippen molar-refractivity contribution in [2.45, 2.75) is 91.3 Å². The molecule has 0 aromatic carbocycles. The number of hydrogen-bond donors (Lipinski definition) is 0. The van der Waals surface area contributed by atoms with Crippen LogP contribution < -0.4 is 0 Å². The maximum atomic E-state index is 5.96. The summed E-state index contributed by atoms with van der Waals surface area (Å²) in [5.74, 6) is 2.80. The van der Waals surface area contributed by atoms with E-state index in [0.29, 0.717) is 12.2 Å². The van der Waals surface area contributed by atoms with Gasteiger partial charge in [0, 0.05) is 6.54 Å². The lowest BCUT2D eigenvalue weighted by atomic mass is 9.84. The molecule has 1 saturated heterocycles. The summed E-state index contributed by atoms with van der Waals surface area (Å²) in [6.45, 7) is 13.1. The second-order valence-corrected chi connectivity index (χ2v) is 8.42. The summed E-state index contributed by atoms with van der Waals surface area (Å²) in [7, 11) is 0. The lowest BCUT2D eigenvalue weighted by Crippen LogP contribution is -2.25. The maximum Gasteiger partial charge on any atom is 0.0578 e. The van der Waals surface area contributed by atoms with E-state index in [1.807, 2.05) is 0 Å². The highest BCUT2D eigenvalue weighted by atomic mass is 16.5. The van der Waals surface area contributed by atoms with Crippen molar-refractivity contribution in [3.8, 4) is 0 Å². The molecule has 1 unspecified atom stereocenters. The molecule has 1 atom stereocenters. The molecule has 1 heterocycles. The zero-order valence-corrected chi connectivity index (χ0v) is 15.5. The van der Waals surface area contributed by atoms with Gasteiger partial charge >= 0.3 is 0 Å². The molecular formula is C20H39NO. The molecular weight excluding hydrogens is 270 g/mol. The topological polar surface area (TPSA) is 12.5 Å². The van der Waals surface area contributed by atoms with Crippen LogP contribution in [0.2, 0.25) is 0 Å². The molecule has 2 heteroatoms. The van der Waals surface area contributed by atoms with Gasteiger partial charge in [0.15, 0.2) is 0 Å². The first kappa shape index (κ1) is 18.3. The molecule has 1 aliphatic heterocycles. The number of nitrogens with zero attached hydrogens (tertiary/aromatic N) is 1. The minimum Gasteiger partial charge on any atom is -0.376 e. The van der Waals surface area contributed by atoms with Gasteiger partial charge < -0.3 is 9.64 Å². The fraction of sp³-hybridized carbons (Fsp3) is 1.00. The first-order valence-corrected chi connectivity index (χ1v) is 9.92. The number of unbranched alkanes of at least 4 members (excludes halogenated alkanes) is 1. The standard InChI is InChI=1S/C20H39NO/c1-16(2)19-12-14-21(15-19)13-6-5-7-18-8-10-20(11-9-18)22-17(3)4/h16-20H,5-15H2,1-4H3. The number of hydrogen-bond acceptors (Lipinski definition) is 2. The molecule has 130 valence electrons. The highest BCUT2D eigenvalue weighted by molar-refractivity contribution is 4.78. The molecule has 0 bridgehead atoms. The number of rotatable bonds is 8. The Balaban J connectivity index is 1.50. The van der Waals surface area contributed by atoms with Gasteiger partial charge in [-0.2, -0.15) is 0 Å². The van der Waals surface area contributed by atoms with Crippen LogP contribution in [0.4, 0.5) is 0 Å². The van der Waals surface area contributed by atoms with E-state index in [1.165, 1.54) is 71.0 Å². The minimum atomic E-state index is 0.400. The summed E-state index contributed by atoms with van der Waals surface area (Å²) in [4.78, 5) is 2.71. The molecule has 2 rings (SSSR count). The van der Waals surface area contributed by atoms with Crippen molar-refractivity contribution in [2.75, 3.05) is 19.6 Å². The Morgan fingerprint density at radius 2 is 1.68 bits per heavy atom. The van der Waals surface area contributed by atoms with E-state index in [4.69, 9.17) is 4.74 Å². The lowest BCUT2D eigenvalue weighted by molar-refractivity contribution is -0.0203. The first-order valence-electron chi connectivity index (χ1n) is 9.92. The fourth-order valence-electron chi connectivity index (χ4n) is 4.32. The van der Waals surface area contributed by atoms with Crippen LogP contribution in [0.3, 0.4) is 0 Å². The van der Waals surface area contributed by atoms with Crippen LogP contribution in [-0.2, 0) is 4.74 Å². The van der Waals surface area contributed by atoms with Crippen LogP contribution in [-0.4, -0.2) is 36.7 Å². The van der Waals surface area contributed by atoms with Crippen molar-refractivity contribution in [1.82, 2.24) is 4.90 Å². The van der Waals surface area contributed by atoms with Crippen molar-refractivity contribution in [1.29, 1.82) is 0 Å². The Morgan fingerprint density at radius 3 is 2.27 bits per heavy atom. The predicted octanol–water partition coefficient (Wildman–Crippen LogP) is 5.12. The summed E-state index contributed by atoms with van der Waals surface area (Å²) in [5.41, 5.74) is 0. The molecule has 2 aliphatic rings. The summed E-state index contributed by atoms with van der Waals surface area (Å²) in [6, 6.07) is 0. The van der Waals surface area contributed by atoms with E-state index in [0.717, 1.165) is 17.8 Å². The number of ether oxygens (including phenoxy) is 1. The average molecular weight is 310 g/mol. The van der Waals surface area contributed by atoms with Crippen LogP contribution in [0.15, 0.2) is 0 Å². The molecule has 0 aromatic heterocycles. The van der Waals surface area contributed by atoms with E-state index < -0.39 is 0 Å². The monoisotopic (exact) mass is 309 g/mol. The van der Waals surface area contributed by atoms with Crippen LogP contribution in [0.1, 0.15) is 79.1 Å². The van der Waals surface area contributed by atoms with Crippen molar-refractivity contribution < 1.29 is 4.74 Å². The van der Waals surface area contributed by atoms with Gasteiger partial charge in [0.05, 0.1) is 12.2 Å². The summed E-state index contributed by atoms with van der Waals surface area (Å²) < 4.78 is 5.96. The summed E-state index contributed by atoms with van der Waals surface area (Å²) in [6.07, 6.45) is 12.1. The number of likely N-dealkylation sites (tertiary alicyclic amines) is 1. The molecule has 2 nitrogen and oxygen atoms in total. The van der Waals surface area contributed by atoms with E-state index in [9.17, 15) is 0 Å². The molecule has 22 heavy (non-hydrogen) atoms. The molecule has 0 radical (unpaired) electrons. The third kappa shape index (κ3) is 6.20. The van der Waals surface area contributed by atoms with Gasteiger partial charge in [-0.3, -0.25) is 0 Å². The Hall–Kier alpha value is -0.0800. The van der Waals surface area contributed by atoms with Gasteiger partial charge in [-0.25, -0.2) is 0 Å². The zero-order chi connectivity index (χ0) is 15.9. The summed E-state index contributed by atoms with van der Waals surface area (Å²) in [5, 5.41) is 0. The van der Waals surface area contributed by atoms with Gasteiger partial charge in [-0.05, 0) is 83.2 Å². The second kappa shape index (κ2) is 9.27. The Kier molecular flexibility index (Phi) is 7.70.